The van der Waals surface area contributed by atoms with Gasteiger partial charge in [0.2, 0.25) is 0 Å². The van der Waals surface area contributed by atoms with E-state index in [4.69, 9.17) is 17.7 Å². The molecule has 0 aromatic heterocycles. The molecule has 0 aromatic carbocycles. The molecular weight excluding hydrogens is 312 g/mol. The Labute approximate surface area is 95.1 Å². The monoisotopic (exact) mass is 333 g/mol. The Balaban J connectivity index is 3.69. The van der Waals surface area contributed by atoms with Crippen LogP contribution in [0.2, 0.25) is 8.87 Å². The third-order valence-corrected chi connectivity index (χ3v) is 14.7. The standard InChI is InChI=1S/C5H12N.C2H5.CH3OS.ClH.Sn/c1-3-4-5(2)6;1-2;2-1-3;;/h5H,1,3-4,6H2,2H3;1H2,2H3;3H,1H2;1H;/q;;-1;;+2/p-1. The molecule has 5 heteroatoms. The second-order valence-corrected chi connectivity index (χ2v) is 17.6. The molecule has 0 saturated heterocycles. The molecule has 0 aliphatic heterocycles. The Morgan fingerprint density at radius 3 is 2.62 bits per heavy atom. The summed E-state index contributed by atoms with van der Waals surface area (Å²) in [7, 11) is 6.41. The van der Waals surface area contributed by atoms with E-state index < -0.39 is 17.7 Å². The van der Waals surface area contributed by atoms with Crippen LogP contribution in [0.5, 0.6) is 0 Å². The van der Waals surface area contributed by atoms with Crippen LogP contribution in [0.25, 0.3) is 0 Å². The summed E-state index contributed by atoms with van der Waals surface area (Å²) in [6.07, 6.45) is 2.14. The van der Waals surface area contributed by atoms with E-state index in [1.165, 1.54) is 0 Å². The first kappa shape index (κ1) is 14.4. The minimum atomic E-state index is -2.68. The van der Waals surface area contributed by atoms with Crippen molar-refractivity contribution in [2.24, 2.45) is 5.73 Å². The third-order valence-electron chi connectivity index (χ3n) is 2.06. The zero-order chi connectivity index (χ0) is 10.3. The molecule has 0 aliphatic carbocycles. The molecule has 2 nitrogen and oxygen atoms in total. The first-order valence-electron chi connectivity index (χ1n) is 4.73. The molecule has 2 atom stereocenters. The number of hydrogen-bond acceptors (Lipinski definition) is 3. The molecule has 2 unspecified atom stereocenters. The van der Waals surface area contributed by atoms with Gasteiger partial charge in [-0.2, -0.15) is 0 Å². The Kier molecular flexibility index (Phi) is 8.42. The number of nitrogens with two attached hydrogens (primary N) is 1. The van der Waals surface area contributed by atoms with Gasteiger partial charge in [0.1, 0.15) is 0 Å². The topological polar surface area (TPSA) is 35.2 Å². The van der Waals surface area contributed by atoms with Crippen molar-refractivity contribution in [1.29, 1.82) is 0 Å². The molecule has 0 fully saturated rings. The first-order chi connectivity index (χ1) is 6.04. The summed E-state index contributed by atoms with van der Waals surface area (Å²) < 4.78 is 7.62. The molecular formula is C8H20ClNOSSn. The van der Waals surface area contributed by atoms with E-state index >= 15 is 0 Å². The van der Waals surface area contributed by atoms with E-state index in [0.29, 0.717) is 5.94 Å². The molecule has 0 rings (SSSR count). The fourth-order valence-corrected chi connectivity index (χ4v) is 9.34. The van der Waals surface area contributed by atoms with Gasteiger partial charge in [0.25, 0.3) is 0 Å². The van der Waals surface area contributed by atoms with Gasteiger partial charge in [0, 0.05) is 0 Å². The summed E-state index contributed by atoms with van der Waals surface area (Å²) in [5, 5.41) is 0. The average Bonchev–Trinajstić information content (AvgIpc) is 2.04. The van der Waals surface area contributed by atoms with E-state index in [-0.39, 0.29) is 6.04 Å². The van der Waals surface area contributed by atoms with E-state index in [1.54, 1.807) is 0 Å². The number of halogens is 1. The zero-order valence-electron chi connectivity index (χ0n) is 8.42. The van der Waals surface area contributed by atoms with Crippen molar-refractivity contribution in [2.75, 3.05) is 5.94 Å². The molecule has 0 radical (unpaired) electrons. The van der Waals surface area contributed by atoms with Crippen LogP contribution in [-0.4, -0.2) is 29.6 Å². The normalized spacial score (nSPS) is 18.2. The van der Waals surface area contributed by atoms with Crippen molar-refractivity contribution >= 4 is 39.2 Å². The Bertz CT molecular complexity index is 139. The van der Waals surface area contributed by atoms with Gasteiger partial charge in [-0.3, -0.25) is 0 Å². The molecule has 0 spiro atoms. The van der Waals surface area contributed by atoms with Crippen LogP contribution in [0.4, 0.5) is 0 Å². The van der Waals surface area contributed by atoms with Gasteiger partial charge in [-0.05, 0) is 0 Å². The second kappa shape index (κ2) is 7.62. The van der Waals surface area contributed by atoms with Gasteiger partial charge in [-0.25, -0.2) is 0 Å². The summed E-state index contributed by atoms with van der Waals surface area (Å²) in [6, 6.07) is 0.278. The molecule has 2 N–H and O–H groups in total. The van der Waals surface area contributed by atoms with Crippen molar-refractivity contribution < 1.29 is 3.07 Å². The van der Waals surface area contributed by atoms with Crippen LogP contribution in [0, 0.1) is 0 Å². The average molecular weight is 332 g/mol. The number of thiol groups is 1. The molecule has 0 aromatic rings. The Hall–Kier alpha value is 1.36. The van der Waals surface area contributed by atoms with E-state index in [0.717, 1.165) is 21.7 Å². The fourth-order valence-electron chi connectivity index (χ4n) is 1.15. The molecule has 0 amide bonds. The van der Waals surface area contributed by atoms with Gasteiger partial charge in [0.05, 0.1) is 0 Å². The maximum absolute atomic E-state index is 6.41. The van der Waals surface area contributed by atoms with Crippen LogP contribution in [-0.2, 0) is 3.07 Å². The Morgan fingerprint density at radius 2 is 2.23 bits per heavy atom. The predicted octanol–water partition coefficient (Wildman–Crippen LogP) is 2.72. The summed E-state index contributed by atoms with van der Waals surface area (Å²) in [4.78, 5) is 0. The molecule has 13 heavy (non-hydrogen) atoms. The zero-order valence-corrected chi connectivity index (χ0v) is 12.9. The van der Waals surface area contributed by atoms with Crippen molar-refractivity contribution in [1.82, 2.24) is 0 Å². The summed E-state index contributed by atoms with van der Waals surface area (Å²) in [5.74, 6) is 0.464. The van der Waals surface area contributed by atoms with Crippen LogP contribution in [0.1, 0.15) is 26.7 Å². The van der Waals surface area contributed by atoms with E-state index in [9.17, 15) is 0 Å². The van der Waals surface area contributed by atoms with Crippen molar-refractivity contribution in [3.63, 3.8) is 0 Å². The quantitative estimate of drug-likeness (QED) is 0.427. The second-order valence-electron chi connectivity index (χ2n) is 3.38. The third kappa shape index (κ3) is 7.31. The maximum atomic E-state index is 6.41. The number of hydrogen-bond donors (Lipinski definition) is 2. The molecule has 0 aliphatic rings. The van der Waals surface area contributed by atoms with Gasteiger partial charge >= 0.3 is 95.6 Å². The molecule has 0 heterocycles. The summed E-state index contributed by atoms with van der Waals surface area (Å²) in [5.41, 5.74) is 5.66. The summed E-state index contributed by atoms with van der Waals surface area (Å²) >= 11 is 1.38. The minimum absolute atomic E-state index is 0.278. The van der Waals surface area contributed by atoms with Crippen LogP contribution < -0.4 is 5.73 Å². The fraction of sp³-hybridized carbons (Fsp3) is 1.00. The van der Waals surface area contributed by atoms with Crippen LogP contribution in [0.3, 0.4) is 0 Å². The van der Waals surface area contributed by atoms with Crippen LogP contribution >= 0.6 is 21.5 Å². The van der Waals surface area contributed by atoms with Gasteiger partial charge in [-0.1, -0.05) is 0 Å². The molecule has 0 bridgehead atoms. The molecule has 0 saturated carbocycles. The van der Waals surface area contributed by atoms with Crippen molar-refractivity contribution in [3.05, 3.63) is 0 Å². The van der Waals surface area contributed by atoms with Gasteiger partial charge in [0.15, 0.2) is 0 Å². The van der Waals surface area contributed by atoms with E-state index in [2.05, 4.69) is 19.6 Å². The SMILES string of the molecule is C[CH2][Sn]([Cl])([CH2]CCC(C)N)[O]CS. The van der Waals surface area contributed by atoms with E-state index in [1.807, 2.05) is 6.92 Å². The first-order valence-corrected chi connectivity index (χ1v) is 14.2. The van der Waals surface area contributed by atoms with Crippen molar-refractivity contribution in [2.45, 2.75) is 41.6 Å². The summed E-state index contributed by atoms with van der Waals surface area (Å²) in [6.45, 7) is 4.13. The van der Waals surface area contributed by atoms with Crippen molar-refractivity contribution in [3.8, 4) is 0 Å². The van der Waals surface area contributed by atoms with Crippen LogP contribution in [0.15, 0.2) is 0 Å². The molecule has 80 valence electrons. The van der Waals surface area contributed by atoms with Gasteiger partial charge < -0.3 is 0 Å². The Morgan fingerprint density at radius 1 is 1.62 bits per heavy atom. The predicted molar refractivity (Wildman–Crippen MR) is 64.7 cm³/mol. The van der Waals surface area contributed by atoms with Gasteiger partial charge in [-0.15, -0.1) is 0 Å². The number of rotatable bonds is 7.